The van der Waals surface area contributed by atoms with Crippen LogP contribution in [0.25, 0.3) is 6.08 Å². The van der Waals surface area contributed by atoms with E-state index >= 15 is 0 Å². The molecular weight excluding hydrogens is 283 g/mol. The molecule has 5 heteroatoms. The molecule has 1 aliphatic rings. The molecule has 0 saturated carbocycles. The number of rotatable bonds is 4. The highest BCUT2D eigenvalue weighted by molar-refractivity contribution is 6.10. The first-order valence-corrected chi connectivity index (χ1v) is 7.27. The molecule has 1 heterocycles. The second-order valence-corrected chi connectivity index (χ2v) is 5.24. The van der Waals surface area contributed by atoms with E-state index in [-0.39, 0.29) is 5.82 Å². The molecule has 22 heavy (non-hydrogen) atoms. The van der Waals surface area contributed by atoms with Crippen LogP contribution >= 0.6 is 0 Å². The number of nitriles is 1. The predicted molar refractivity (Wildman–Crippen MR) is 80.0 cm³/mol. The van der Waals surface area contributed by atoms with Crippen molar-refractivity contribution >= 4 is 17.8 Å². The number of carbonyl (C=O) groups is 2. The Bertz CT molecular complexity index is 611. The molecule has 1 aromatic rings. The number of hydrogen-bond donors (Lipinski definition) is 0. The molecule has 1 saturated heterocycles. The monoisotopic (exact) mass is 300 g/mol. The smallest absolute Gasteiger partial charge is 0.247 e. The summed E-state index contributed by atoms with van der Waals surface area (Å²) in [6, 6.07) is 7.40. The fraction of sp³-hybridized carbons (Fsp3) is 0.353. The Morgan fingerprint density at radius 3 is 2.41 bits per heavy atom. The molecule has 1 unspecified atom stereocenters. The largest absolute Gasteiger partial charge is 0.341 e. The molecule has 1 fully saturated rings. The molecule has 0 aliphatic carbocycles. The van der Waals surface area contributed by atoms with E-state index < -0.39 is 17.6 Å². The number of piperidine rings is 1. The van der Waals surface area contributed by atoms with Gasteiger partial charge in [-0.3, -0.25) is 9.59 Å². The van der Waals surface area contributed by atoms with Gasteiger partial charge in [0, 0.05) is 13.1 Å². The summed E-state index contributed by atoms with van der Waals surface area (Å²) in [5.74, 6) is -2.62. The van der Waals surface area contributed by atoms with Crippen LogP contribution in [0.5, 0.6) is 0 Å². The zero-order valence-electron chi connectivity index (χ0n) is 12.2. The van der Waals surface area contributed by atoms with Crippen LogP contribution in [-0.2, 0) is 9.59 Å². The van der Waals surface area contributed by atoms with Crippen molar-refractivity contribution in [1.82, 2.24) is 4.90 Å². The molecule has 1 atom stereocenters. The average molecular weight is 300 g/mol. The maximum atomic E-state index is 12.8. The Kier molecular flexibility index (Phi) is 5.42. The lowest BCUT2D eigenvalue weighted by molar-refractivity contribution is -0.138. The van der Waals surface area contributed by atoms with Gasteiger partial charge in [-0.15, -0.1) is 0 Å². The van der Waals surface area contributed by atoms with E-state index in [0.717, 1.165) is 19.3 Å². The Morgan fingerprint density at radius 1 is 1.18 bits per heavy atom. The first kappa shape index (κ1) is 15.9. The summed E-state index contributed by atoms with van der Waals surface area (Å²) in [5.41, 5.74) is 0.636. The van der Waals surface area contributed by atoms with Gasteiger partial charge in [0.2, 0.25) is 5.91 Å². The third-order valence-corrected chi connectivity index (χ3v) is 3.64. The zero-order valence-corrected chi connectivity index (χ0v) is 12.2. The molecule has 0 radical (unpaired) electrons. The molecule has 0 spiro atoms. The summed E-state index contributed by atoms with van der Waals surface area (Å²) in [4.78, 5) is 25.9. The molecule has 2 rings (SSSR count). The van der Waals surface area contributed by atoms with Gasteiger partial charge >= 0.3 is 0 Å². The van der Waals surface area contributed by atoms with Gasteiger partial charge in [-0.1, -0.05) is 18.2 Å². The van der Waals surface area contributed by atoms with E-state index in [9.17, 15) is 14.0 Å². The van der Waals surface area contributed by atoms with E-state index in [4.69, 9.17) is 5.26 Å². The van der Waals surface area contributed by atoms with Crippen molar-refractivity contribution in [3.8, 4) is 6.07 Å². The quantitative estimate of drug-likeness (QED) is 0.634. The lowest BCUT2D eigenvalue weighted by Gasteiger charge is -2.27. The van der Waals surface area contributed by atoms with E-state index in [1.165, 1.54) is 36.4 Å². The van der Waals surface area contributed by atoms with Crippen LogP contribution in [0, 0.1) is 23.1 Å². The highest BCUT2D eigenvalue weighted by atomic mass is 19.1. The van der Waals surface area contributed by atoms with Crippen molar-refractivity contribution in [1.29, 1.82) is 5.26 Å². The molecule has 0 aromatic heterocycles. The first-order chi connectivity index (χ1) is 10.6. The summed E-state index contributed by atoms with van der Waals surface area (Å²) in [6.45, 7) is 1.21. The van der Waals surface area contributed by atoms with Gasteiger partial charge in [0.15, 0.2) is 11.7 Å². The lowest BCUT2D eigenvalue weighted by atomic mass is 10.0. The van der Waals surface area contributed by atoms with Crippen LogP contribution in [0.1, 0.15) is 24.8 Å². The molecule has 1 aliphatic heterocycles. The normalized spacial score (nSPS) is 16.3. The fourth-order valence-electron chi connectivity index (χ4n) is 2.39. The summed E-state index contributed by atoms with van der Waals surface area (Å²) in [6.07, 6.45) is 5.57. The molecule has 0 bridgehead atoms. The summed E-state index contributed by atoms with van der Waals surface area (Å²) < 4.78 is 12.8. The lowest BCUT2D eigenvalue weighted by Crippen LogP contribution is -2.41. The third-order valence-electron chi connectivity index (χ3n) is 3.64. The second kappa shape index (κ2) is 7.51. The number of benzene rings is 1. The number of amides is 1. The van der Waals surface area contributed by atoms with Gasteiger partial charge in [0.1, 0.15) is 5.82 Å². The Labute approximate surface area is 128 Å². The number of ketones is 1. The number of nitrogens with zero attached hydrogens (tertiary/aromatic N) is 2. The van der Waals surface area contributed by atoms with Gasteiger partial charge in [-0.2, -0.15) is 5.26 Å². The number of likely N-dealkylation sites (tertiary alicyclic amines) is 1. The van der Waals surface area contributed by atoms with Crippen LogP contribution in [0.4, 0.5) is 4.39 Å². The van der Waals surface area contributed by atoms with Gasteiger partial charge in [-0.25, -0.2) is 4.39 Å². The Hall–Kier alpha value is -2.48. The number of halogens is 1. The first-order valence-electron chi connectivity index (χ1n) is 7.27. The van der Waals surface area contributed by atoms with Crippen molar-refractivity contribution in [2.24, 2.45) is 5.92 Å². The Morgan fingerprint density at radius 2 is 1.82 bits per heavy atom. The number of allylic oxidation sites excluding steroid dienone is 1. The predicted octanol–water partition coefficient (Wildman–Crippen LogP) is 2.56. The standard InChI is InChI=1S/C17H17FN2O2/c18-14-7-4-13(5-8-14)6-9-16(21)15(12-19)17(22)20-10-2-1-3-11-20/h4-9,15H,1-3,10-11H2/b9-6+. The minimum absolute atomic E-state index is 0.362. The van der Waals surface area contributed by atoms with Crippen molar-refractivity contribution in [2.75, 3.05) is 13.1 Å². The molecule has 1 amide bonds. The van der Waals surface area contributed by atoms with Crippen LogP contribution in [-0.4, -0.2) is 29.7 Å². The third kappa shape index (κ3) is 4.01. The number of carbonyl (C=O) groups excluding carboxylic acids is 2. The second-order valence-electron chi connectivity index (χ2n) is 5.24. The van der Waals surface area contributed by atoms with Gasteiger partial charge < -0.3 is 4.90 Å². The average Bonchev–Trinajstić information content (AvgIpc) is 2.55. The molecule has 4 nitrogen and oxygen atoms in total. The highest BCUT2D eigenvalue weighted by Crippen LogP contribution is 2.14. The topological polar surface area (TPSA) is 61.2 Å². The van der Waals surface area contributed by atoms with E-state index in [1.54, 1.807) is 11.0 Å². The summed E-state index contributed by atoms with van der Waals surface area (Å²) >= 11 is 0. The maximum absolute atomic E-state index is 12.8. The maximum Gasteiger partial charge on any atom is 0.247 e. The highest BCUT2D eigenvalue weighted by Gasteiger charge is 2.29. The molecule has 0 N–H and O–H groups in total. The van der Waals surface area contributed by atoms with Crippen LogP contribution in [0.15, 0.2) is 30.3 Å². The van der Waals surface area contributed by atoms with Gasteiger partial charge in [0.25, 0.3) is 0 Å². The van der Waals surface area contributed by atoms with E-state index in [0.29, 0.717) is 18.7 Å². The molecule has 1 aromatic carbocycles. The molecule has 114 valence electrons. The van der Waals surface area contributed by atoms with Crippen LogP contribution < -0.4 is 0 Å². The van der Waals surface area contributed by atoms with Crippen LogP contribution in [0.3, 0.4) is 0 Å². The van der Waals surface area contributed by atoms with Crippen LogP contribution in [0.2, 0.25) is 0 Å². The molecular formula is C17H17FN2O2. The van der Waals surface area contributed by atoms with Crippen molar-refractivity contribution < 1.29 is 14.0 Å². The Balaban J connectivity index is 2.03. The van der Waals surface area contributed by atoms with Crippen molar-refractivity contribution in [3.05, 3.63) is 41.7 Å². The van der Waals surface area contributed by atoms with Crippen molar-refractivity contribution in [3.63, 3.8) is 0 Å². The minimum atomic E-state index is -1.30. The van der Waals surface area contributed by atoms with Gasteiger partial charge in [0.05, 0.1) is 6.07 Å². The summed E-state index contributed by atoms with van der Waals surface area (Å²) in [7, 11) is 0. The van der Waals surface area contributed by atoms with E-state index in [2.05, 4.69) is 0 Å². The van der Waals surface area contributed by atoms with Gasteiger partial charge in [-0.05, 0) is 43.0 Å². The summed E-state index contributed by atoms with van der Waals surface area (Å²) in [5, 5.41) is 9.13. The van der Waals surface area contributed by atoms with E-state index in [1.807, 2.05) is 0 Å². The minimum Gasteiger partial charge on any atom is -0.341 e. The van der Waals surface area contributed by atoms with Crippen molar-refractivity contribution in [2.45, 2.75) is 19.3 Å². The fourth-order valence-corrected chi connectivity index (χ4v) is 2.39. The zero-order chi connectivity index (χ0) is 15.9. The SMILES string of the molecule is N#CC(C(=O)/C=C/c1ccc(F)cc1)C(=O)N1CCCCC1. The number of hydrogen-bond acceptors (Lipinski definition) is 3.